The standard InChI is InChI=1S/C33H47N5O9S2/c1-23-18-38(24(2)21-39)33(40)29-17-26(35-48(41,42)28-13-11-27(45-6)12-14-28)10-15-30(29)47-25(3)9-7-8-16-46-31(23)19-37(5)49(43,44)32-20-36(4)22-34-32/h10-15,17,20,22-25,31,35,39H,7-9,16,18-19,21H2,1-6H3/t23-,24-,25+,31-/m1/s1. The molecule has 0 bridgehead atoms. The van der Waals surface area contributed by atoms with Crippen LogP contribution in [0, 0.1) is 5.92 Å². The Bertz CT molecular complexity index is 1780. The molecule has 270 valence electrons. The molecule has 0 saturated carbocycles. The van der Waals surface area contributed by atoms with E-state index >= 15 is 0 Å². The fraction of sp³-hybridized carbons (Fsp3) is 0.515. The number of carbonyl (C=O) groups is 1. The minimum atomic E-state index is -4.02. The van der Waals surface area contributed by atoms with Gasteiger partial charge in [-0.2, -0.15) is 4.31 Å². The number of methoxy groups -OCH3 is 1. The van der Waals surface area contributed by atoms with Crippen molar-refractivity contribution >= 4 is 31.6 Å². The van der Waals surface area contributed by atoms with Crippen molar-refractivity contribution in [2.45, 2.75) is 68.2 Å². The third kappa shape index (κ3) is 9.51. The number of aromatic nitrogens is 2. The molecular formula is C33H47N5O9S2. The molecule has 2 aromatic carbocycles. The molecule has 0 saturated heterocycles. The van der Waals surface area contributed by atoms with Gasteiger partial charge in [0.2, 0.25) is 0 Å². The minimum Gasteiger partial charge on any atom is -0.497 e. The Balaban J connectivity index is 1.67. The smallest absolute Gasteiger partial charge is 0.261 e. The Morgan fingerprint density at radius 1 is 1.12 bits per heavy atom. The summed E-state index contributed by atoms with van der Waals surface area (Å²) in [6.07, 6.45) is 4.04. The topological polar surface area (TPSA) is 170 Å². The molecule has 16 heteroatoms. The molecule has 4 atom stereocenters. The van der Waals surface area contributed by atoms with Crippen LogP contribution in [-0.2, 0) is 31.8 Å². The first kappa shape index (κ1) is 38.1. The maximum absolute atomic E-state index is 14.4. The van der Waals surface area contributed by atoms with E-state index < -0.39 is 38.1 Å². The number of anilines is 1. The van der Waals surface area contributed by atoms with Crippen molar-refractivity contribution in [2.75, 3.05) is 45.2 Å². The molecule has 0 spiro atoms. The van der Waals surface area contributed by atoms with E-state index in [4.69, 9.17) is 14.2 Å². The monoisotopic (exact) mass is 721 g/mol. The number of sulfonamides is 2. The molecule has 1 aliphatic rings. The molecule has 0 aliphatic carbocycles. The summed E-state index contributed by atoms with van der Waals surface area (Å²) >= 11 is 0. The molecule has 0 fully saturated rings. The highest BCUT2D eigenvalue weighted by Crippen LogP contribution is 2.30. The number of likely N-dealkylation sites (N-methyl/N-ethyl adjacent to an activating group) is 1. The predicted octanol–water partition coefficient (Wildman–Crippen LogP) is 3.35. The van der Waals surface area contributed by atoms with Gasteiger partial charge < -0.3 is 28.8 Å². The third-order valence-corrected chi connectivity index (χ3v) is 11.6. The number of aryl methyl sites for hydroxylation is 1. The number of carbonyl (C=O) groups excluding carboxylic acids is 1. The van der Waals surface area contributed by atoms with Gasteiger partial charge in [0, 0.05) is 51.6 Å². The summed E-state index contributed by atoms with van der Waals surface area (Å²) in [7, 11) is -3.30. The normalized spacial score (nSPS) is 20.6. The summed E-state index contributed by atoms with van der Waals surface area (Å²) in [6, 6.07) is 9.79. The van der Waals surface area contributed by atoms with Gasteiger partial charge in [0.05, 0.1) is 48.8 Å². The SMILES string of the molecule is COc1ccc(S(=O)(=O)Nc2ccc3c(c2)C(=O)N([C@H](C)CO)C[C@@H](C)[C@@H](CN(C)S(=O)(=O)c2cn(C)cn2)OCCCC[C@H](C)O3)cc1. The summed E-state index contributed by atoms with van der Waals surface area (Å²) in [4.78, 5) is 19.9. The van der Waals surface area contributed by atoms with Crippen molar-refractivity contribution in [2.24, 2.45) is 13.0 Å². The van der Waals surface area contributed by atoms with Crippen LogP contribution in [0.2, 0.25) is 0 Å². The van der Waals surface area contributed by atoms with E-state index in [1.165, 1.54) is 72.3 Å². The summed E-state index contributed by atoms with van der Waals surface area (Å²) < 4.78 is 76.1. The van der Waals surface area contributed by atoms with Crippen molar-refractivity contribution in [3.05, 3.63) is 60.6 Å². The molecular weight excluding hydrogens is 675 g/mol. The zero-order valence-corrected chi connectivity index (χ0v) is 30.4. The molecule has 0 unspecified atom stereocenters. The van der Waals surface area contributed by atoms with Gasteiger partial charge in [-0.1, -0.05) is 6.92 Å². The summed E-state index contributed by atoms with van der Waals surface area (Å²) in [5.41, 5.74) is 0.256. The maximum atomic E-state index is 14.4. The Hall–Kier alpha value is -3.70. The van der Waals surface area contributed by atoms with Crippen molar-refractivity contribution in [1.82, 2.24) is 18.8 Å². The second-order valence-corrected chi connectivity index (χ2v) is 16.1. The highest BCUT2D eigenvalue weighted by atomic mass is 32.2. The average molecular weight is 722 g/mol. The lowest BCUT2D eigenvalue weighted by molar-refractivity contribution is -0.00835. The van der Waals surface area contributed by atoms with Gasteiger partial charge >= 0.3 is 0 Å². The number of aliphatic hydroxyl groups is 1. The lowest BCUT2D eigenvalue weighted by Crippen LogP contribution is -2.48. The largest absolute Gasteiger partial charge is 0.497 e. The van der Waals surface area contributed by atoms with Crippen LogP contribution in [0.15, 0.2) is 64.9 Å². The quantitative estimate of drug-likeness (QED) is 0.317. The molecule has 1 amide bonds. The number of imidazole rings is 1. The van der Waals surface area contributed by atoms with Crippen molar-refractivity contribution in [1.29, 1.82) is 0 Å². The fourth-order valence-corrected chi connectivity index (χ4v) is 7.64. The molecule has 2 N–H and O–H groups in total. The molecule has 3 aromatic rings. The maximum Gasteiger partial charge on any atom is 0.261 e. The third-order valence-electron chi connectivity index (χ3n) is 8.47. The average Bonchev–Trinajstić information content (AvgIpc) is 3.52. The second kappa shape index (κ2) is 16.3. The van der Waals surface area contributed by atoms with Crippen LogP contribution in [0.25, 0.3) is 0 Å². The number of nitrogens with zero attached hydrogens (tertiary/aromatic N) is 4. The number of hydrogen-bond donors (Lipinski definition) is 2. The van der Waals surface area contributed by atoms with Gasteiger partial charge in [0.1, 0.15) is 11.5 Å². The molecule has 49 heavy (non-hydrogen) atoms. The number of rotatable bonds is 10. The van der Waals surface area contributed by atoms with E-state index in [-0.39, 0.29) is 58.6 Å². The minimum absolute atomic E-state index is 0.00298. The van der Waals surface area contributed by atoms with E-state index in [0.29, 0.717) is 25.2 Å². The van der Waals surface area contributed by atoms with Crippen LogP contribution < -0.4 is 14.2 Å². The molecule has 4 rings (SSSR count). The number of amides is 1. The second-order valence-electron chi connectivity index (χ2n) is 12.5. The highest BCUT2D eigenvalue weighted by Gasteiger charge is 2.33. The summed E-state index contributed by atoms with van der Waals surface area (Å²) in [5, 5.41) is 10.1. The van der Waals surface area contributed by atoms with Crippen LogP contribution in [0.4, 0.5) is 5.69 Å². The van der Waals surface area contributed by atoms with Gasteiger partial charge in [-0.25, -0.2) is 21.8 Å². The Morgan fingerprint density at radius 2 is 1.84 bits per heavy atom. The number of nitrogens with one attached hydrogen (secondary N) is 1. The zero-order chi connectivity index (χ0) is 35.9. The number of hydrogen-bond acceptors (Lipinski definition) is 10. The van der Waals surface area contributed by atoms with Crippen molar-refractivity contribution < 1.29 is 40.9 Å². The molecule has 1 aliphatic heterocycles. The Kier molecular flexibility index (Phi) is 12.7. The van der Waals surface area contributed by atoms with Crippen molar-refractivity contribution in [3.63, 3.8) is 0 Å². The van der Waals surface area contributed by atoms with E-state index in [2.05, 4.69) is 9.71 Å². The van der Waals surface area contributed by atoms with E-state index in [9.17, 15) is 26.7 Å². The van der Waals surface area contributed by atoms with Gasteiger partial charge in [-0.05, 0) is 75.6 Å². The first-order chi connectivity index (χ1) is 23.2. The van der Waals surface area contributed by atoms with Crippen molar-refractivity contribution in [3.8, 4) is 11.5 Å². The summed E-state index contributed by atoms with van der Waals surface area (Å²) in [5.74, 6) is -0.101. The molecule has 0 radical (unpaired) electrons. The van der Waals surface area contributed by atoms with Crippen LogP contribution >= 0.6 is 0 Å². The van der Waals surface area contributed by atoms with Gasteiger partial charge in [-0.15, -0.1) is 0 Å². The van der Waals surface area contributed by atoms with Gasteiger partial charge in [0.15, 0.2) is 5.03 Å². The van der Waals surface area contributed by atoms with Crippen LogP contribution in [0.5, 0.6) is 11.5 Å². The number of fused-ring (bicyclic) bond motifs is 1. The predicted molar refractivity (Wildman–Crippen MR) is 184 cm³/mol. The van der Waals surface area contributed by atoms with Crippen LogP contribution in [0.1, 0.15) is 50.4 Å². The first-order valence-corrected chi connectivity index (χ1v) is 19.0. The lowest BCUT2D eigenvalue weighted by atomic mass is 10.0. The molecule has 1 aromatic heterocycles. The van der Waals surface area contributed by atoms with E-state index in [1.807, 2.05) is 13.8 Å². The van der Waals surface area contributed by atoms with Gasteiger partial charge in [-0.3, -0.25) is 9.52 Å². The van der Waals surface area contributed by atoms with E-state index in [1.54, 1.807) is 24.6 Å². The number of benzene rings is 2. The first-order valence-electron chi connectivity index (χ1n) is 16.1. The Morgan fingerprint density at radius 3 is 2.47 bits per heavy atom. The highest BCUT2D eigenvalue weighted by molar-refractivity contribution is 7.92. The lowest BCUT2D eigenvalue weighted by Gasteiger charge is -2.35. The fourth-order valence-electron chi connectivity index (χ4n) is 5.45. The molecule has 14 nitrogen and oxygen atoms in total. The number of ether oxygens (including phenoxy) is 3. The van der Waals surface area contributed by atoms with Gasteiger partial charge in [0.25, 0.3) is 26.0 Å². The number of aliphatic hydroxyl groups excluding tert-OH is 1. The molecule has 2 heterocycles. The van der Waals surface area contributed by atoms with Crippen LogP contribution in [0.3, 0.4) is 0 Å². The summed E-state index contributed by atoms with van der Waals surface area (Å²) in [6.45, 7) is 5.56. The van der Waals surface area contributed by atoms with Crippen LogP contribution in [-0.4, -0.2) is 105 Å². The zero-order valence-electron chi connectivity index (χ0n) is 28.8. The Labute approximate surface area is 289 Å². The van der Waals surface area contributed by atoms with E-state index in [0.717, 1.165) is 6.42 Å².